The van der Waals surface area contributed by atoms with E-state index in [4.69, 9.17) is 18.9 Å². The predicted octanol–water partition coefficient (Wildman–Crippen LogP) is 2.04. The molecule has 1 aromatic rings. The van der Waals surface area contributed by atoms with Crippen LogP contribution in [0.25, 0.3) is 0 Å². The second-order valence-electron chi connectivity index (χ2n) is 12.6. The number of esters is 3. The summed E-state index contributed by atoms with van der Waals surface area (Å²) in [5.41, 5.74) is -5.18. The number of aliphatic hydroxyl groups is 3. The average Bonchev–Trinajstić information content (AvgIpc) is 2.91. The van der Waals surface area contributed by atoms with E-state index in [1.807, 2.05) is 0 Å². The Labute approximate surface area is 244 Å². The van der Waals surface area contributed by atoms with Gasteiger partial charge in [-0.25, -0.2) is 4.79 Å². The number of ether oxygens (including phenoxy) is 4. The van der Waals surface area contributed by atoms with Crippen molar-refractivity contribution in [2.24, 2.45) is 10.8 Å². The molecule has 0 radical (unpaired) electrons. The van der Waals surface area contributed by atoms with E-state index in [0.717, 1.165) is 0 Å². The highest BCUT2D eigenvalue weighted by molar-refractivity contribution is 5.92. The lowest BCUT2D eigenvalue weighted by molar-refractivity contribution is -0.291. The second kappa shape index (κ2) is 11.2. The van der Waals surface area contributed by atoms with Crippen molar-refractivity contribution < 1.29 is 53.4 Å². The Morgan fingerprint density at radius 2 is 1.71 bits per heavy atom. The van der Waals surface area contributed by atoms with Crippen LogP contribution >= 0.6 is 0 Å². The average molecular weight is 589 g/mol. The van der Waals surface area contributed by atoms with Crippen molar-refractivity contribution in [3.63, 3.8) is 0 Å². The number of fused-ring (bicyclic) bond motifs is 1. The summed E-state index contributed by atoms with van der Waals surface area (Å²) in [6.07, 6.45) is -4.92. The lowest BCUT2D eigenvalue weighted by Crippen LogP contribution is -2.70. The van der Waals surface area contributed by atoms with Crippen molar-refractivity contribution in [3.8, 4) is 0 Å². The molecule has 2 fully saturated rings. The first-order chi connectivity index (χ1) is 19.5. The smallest absolute Gasteiger partial charge is 0.338 e. The fourth-order valence-electron chi connectivity index (χ4n) is 6.75. The highest BCUT2D eigenvalue weighted by Crippen LogP contribution is 2.54. The third kappa shape index (κ3) is 5.39. The van der Waals surface area contributed by atoms with Crippen LogP contribution in [0.5, 0.6) is 0 Å². The van der Waals surface area contributed by atoms with Gasteiger partial charge in [0.25, 0.3) is 0 Å². The highest BCUT2D eigenvalue weighted by Gasteiger charge is 2.65. The number of rotatable bonds is 8. The van der Waals surface area contributed by atoms with Crippen LogP contribution in [0.1, 0.15) is 71.2 Å². The minimum absolute atomic E-state index is 0.0130. The molecule has 42 heavy (non-hydrogen) atoms. The molecule has 1 unspecified atom stereocenters. The number of carbonyl (C=O) groups excluding carboxylic acids is 4. The first kappa shape index (κ1) is 31.8. The minimum Gasteiger partial charge on any atom is -0.459 e. The fraction of sp³-hybridized carbons (Fsp3) is 0.613. The molecule has 0 amide bonds. The Morgan fingerprint density at radius 1 is 1.07 bits per heavy atom. The summed E-state index contributed by atoms with van der Waals surface area (Å²) in [6, 6.07) is 8.21. The molecule has 1 aliphatic heterocycles. The summed E-state index contributed by atoms with van der Waals surface area (Å²) in [6.45, 7) is 8.32. The zero-order valence-electron chi connectivity index (χ0n) is 24.8. The lowest BCUT2D eigenvalue weighted by atomic mass is 9.56. The molecule has 0 aromatic heterocycles. The van der Waals surface area contributed by atoms with Gasteiger partial charge in [0.1, 0.15) is 30.5 Å². The van der Waals surface area contributed by atoms with Gasteiger partial charge in [0.2, 0.25) is 0 Å². The molecule has 1 saturated carbocycles. The Kier molecular flexibility index (Phi) is 8.47. The normalized spacial score (nSPS) is 34.4. The maximum atomic E-state index is 14.2. The molecular formula is C31H40O11. The molecule has 1 heterocycles. The van der Waals surface area contributed by atoms with Crippen molar-refractivity contribution in [1.82, 2.24) is 0 Å². The zero-order valence-corrected chi connectivity index (χ0v) is 24.8. The van der Waals surface area contributed by atoms with Crippen molar-refractivity contribution in [1.29, 1.82) is 0 Å². The zero-order chi connectivity index (χ0) is 31.3. The predicted molar refractivity (Wildman–Crippen MR) is 147 cm³/mol. The number of hydrogen-bond acceptors (Lipinski definition) is 11. The van der Waals surface area contributed by atoms with E-state index >= 15 is 0 Å². The van der Waals surface area contributed by atoms with Crippen molar-refractivity contribution in [3.05, 3.63) is 47.0 Å². The Hall–Kier alpha value is -3.12. The third-order valence-electron chi connectivity index (χ3n) is 9.41. The van der Waals surface area contributed by atoms with Crippen LogP contribution in [0.2, 0.25) is 0 Å². The third-order valence-corrected chi connectivity index (χ3v) is 9.41. The van der Waals surface area contributed by atoms with Crippen molar-refractivity contribution >= 4 is 23.7 Å². The van der Waals surface area contributed by atoms with E-state index in [1.165, 1.54) is 20.8 Å². The topological polar surface area (TPSA) is 166 Å². The second-order valence-corrected chi connectivity index (χ2v) is 12.6. The molecule has 4 rings (SSSR count). The van der Waals surface area contributed by atoms with E-state index < -0.39 is 76.7 Å². The number of aliphatic hydroxyl groups excluding tert-OH is 2. The van der Waals surface area contributed by atoms with Gasteiger partial charge >= 0.3 is 17.9 Å². The monoisotopic (exact) mass is 588 g/mol. The summed E-state index contributed by atoms with van der Waals surface area (Å²) >= 11 is 0. The summed E-state index contributed by atoms with van der Waals surface area (Å²) in [4.78, 5) is 50.8. The van der Waals surface area contributed by atoms with Gasteiger partial charge in [-0.1, -0.05) is 32.0 Å². The SMILES string of the molecule is CC(=O)O[C@H]1C[C@@](O)(COC(=O)c2ccccc2)C(C)(C)C([C@@H](O)C(=O)[C@@]2(C)C[C@]3(OC(C)=O)COC3C[C@@H]2O)=C1C. The van der Waals surface area contributed by atoms with Crippen molar-refractivity contribution in [2.45, 2.75) is 96.4 Å². The first-order valence-electron chi connectivity index (χ1n) is 14.0. The van der Waals surface area contributed by atoms with Gasteiger partial charge in [-0.3, -0.25) is 14.4 Å². The number of benzene rings is 1. The van der Waals surface area contributed by atoms with Gasteiger partial charge in [-0.05, 0) is 37.1 Å². The standard InChI is InChI=1S/C31H40O11/c1-17-21(41-18(2)32)13-31(38,16-40-27(37)20-10-8-7-9-11-20)28(4,5)24(17)25(35)26(36)29(6)14-30(42-19(3)33)15-39-23(30)12-22(29)34/h7-11,21-23,25,34-35,38H,12-16H2,1-6H3/t21-,22-,23?,25+,29-,30-,31+/m0/s1. The van der Waals surface area contributed by atoms with Crippen LogP contribution in [-0.4, -0.2) is 87.8 Å². The largest absolute Gasteiger partial charge is 0.459 e. The summed E-state index contributed by atoms with van der Waals surface area (Å²) in [7, 11) is 0. The molecule has 7 atom stereocenters. The molecule has 11 nitrogen and oxygen atoms in total. The van der Waals surface area contributed by atoms with Gasteiger partial charge in [0.15, 0.2) is 11.4 Å². The van der Waals surface area contributed by atoms with E-state index in [-0.39, 0.29) is 37.0 Å². The molecule has 11 heteroatoms. The van der Waals surface area contributed by atoms with Gasteiger partial charge in [-0.2, -0.15) is 0 Å². The van der Waals surface area contributed by atoms with Crippen LogP contribution < -0.4 is 0 Å². The molecule has 3 N–H and O–H groups in total. The van der Waals surface area contributed by atoms with E-state index in [2.05, 4.69) is 0 Å². The van der Waals surface area contributed by atoms with E-state index in [1.54, 1.807) is 51.1 Å². The molecule has 2 aliphatic carbocycles. The van der Waals surface area contributed by atoms with Crippen LogP contribution in [0.4, 0.5) is 0 Å². The summed E-state index contributed by atoms with van der Waals surface area (Å²) in [5.74, 6) is -2.63. The Morgan fingerprint density at radius 3 is 2.26 bits per heavy atom. The van der Waals surface area contributed by atoms with Crippen LogP contribution in [0.3, 0.4) is 0 Å². The van der Waals surface area contributed by atoms with Gasteiger partial charge < -0.3 is 34.3 Å². The maximum absolute atomic E-state index is 14.2. The quantitative estimate of drug-likeness (QED) is 0.231. The fourth-order valence-corrected chi connectivity index (χ4v) is 6.75. The highest BCUT2D eigenvalue weighted by atomic mass is 16.6. The molecule has 3 aliphatic rings. The number of ketones is 1. The van der Waals surface area contributed by atoms with Crippen LogP contribution in [0.15, 0.2) is 41.5 Å². The Balaban J connectivity index is 1.68. The molecular weight excluding hydrogens is 548 g/mol. The minimum atomic E-state index is -1.87. The van der Waals surface area contributed by atoms with Gasteiger partial charge in [-0.15, -0.1) is 0 Å². The van der Waals surface area contributed by atoms with Gasteiger partial charge in [0, 0.05) is 38.5 Å². The lowest BCUT2D eigenvalue weighted by Gasteiger charge is -2.57. The molecule has 0 bridgehead atoms. The Bertz CT molecular complexity index is 1290. The molecule has 0 spiro atoms. The van der Waals surface area contributed by atoms with E-state index in [0.29, 0.717) is 5.57 Å². The molecule has 1 saturated heterocycles. The van der Waals surface area contributed by atoms with Crippen molar-refractivity contribution in [2.75, 3.05) is 13.2 Å². The van der Waals surface area contributed by atoms with Crippen LogP contribution in [-0.2, 0) is 33.3 Å². The maximum Gasteiger partial charge on any atom is 0.338 e. The number of carbonyl (C=O) groups is 4. The van der Waals surface area contributed by atoms with Gasteiger partial charge in [0.05, 0.1) is 23.7 Å². The summed E-state index contributed by atoms with van der Waals surface area (Å²) < 4.78 is 22.1. The summed E-state index contributed by atoms with van der Waals surface area (Å²) in [5, 5.41) is 34.8. The van der Waals surface area contributed by atoms with E-state index in [9.17, 15) is 34.5 Å². The number of hydrogen-bond donors (Lipinski definition) is 3. The number of Topliss-reactive ketones (excluding diaryl/α,β-unsaturated/α-hetero) is 1. The molecule has 1 aromatic carbocycles. The molecule has 230 valence electrons. The first-order valence-corrected chi connectivity index (χ1v) is 14.0. The van der Waals surface area contributed by atoms with Crippen LogP contribution in [0, 0.1) is 10.8 Å².